The summed E-state index contributed by atoms with van der Waals surface area (Å²) in [6.45, 7) is 0.461. The zero-order valence-corrected chi connectivity index (χ0v) is 9.72. The van der Waals surface area contributed by atoms with Crippen molar-refractivity contribution < 1.29 is 9.53 Å². The average molecular weight is 226 g/mol. The Morgan fingerprint density at radius 2 is 1.82 bits per heavy atom. The van der Waals surface area contributed by atoms with Crippen LogP contribution in [0.4, 0.5) is 0 Å². The van der Waals surface area contributed by atoms with Gasteiger partial charge in [-0.25, -0.2) is 0 Å². The average Bonchev–Trinajstić information content (AvgIpc) is 2.40. The van der Waals surface area contributed by atoms with Gasteiger partial charge in [0.2, 0.25) is 0 Å². The highest BCUT2D eigenvalue weighted by Crippen LogP contribution is 2.22. The van der Waals surface area contributed by atoms with E-state index in [0.29, 0.717) is 12.2 Å². The topological polar surface area (TPSA) is 26.3 Å². The lowest BCUT2D eigenvalue weighted by Crippen LogP contribution is -1.95. The van der Waals surface area contributed by atoms with Crippen molar-refractivity contribution in [2.75, 3.05) is 7.11 Å². The third-order valence-electron chi connectivity index (χ3n) is 2.68. The molecule has 2 nitrogen and oxygen atoms in total. The molecule has 17 heavy (non-hydrogen) atoms. The maximum Gasteiger partial charge on any atom is 0.150 e. The van der Waals surface area contributed by atoms with E-state index in [1.807, 2.05) is 48.5 Å². The molecule has 2 rings (SSSR count). The number of benzene rings is 2. The molecule has 0 aliphatic rings. The molecule has 0 bridgehead atoms. The van der Waals surface area contributed by atoms with Gasteiger partial charge in [-0.1, -0.05) is 42.5 Å². The Morgan fingerprint density at radius 3 is 2.47 bits per heavy atom. The molecule has 0 saturated carbocycles. The van der Waals surface area contributed by atoms with Crippen molar-refractivity contribution in [2.45, 2.75) is 6.61 Å². The minimum absolute atomic E-state index is 0.461. The van der Waals surface area contributed by atoms with Gasteiger partial charge in [-0.3, -0.25) is 4.79 Å². The highest BCUT2D eigenvalue weighted by atomic mass is 16.5. The van der Waals surface area contributed by atoms with Crippen molar-refractivity contribution in [3.63, 3.8) is 0 Å². The first-order valence-corrected chi connectivity index (χ1v) is 5.47. The normalized spacial score (nSPS) is 10.2. The Labute approximate surface area is 101 Å². The molecule has 0 fully saturated rings. The molecule has 2 aromatic rings. The van der Waals surface area contributed by atoms with Crippen molar-refractivity contribution in [3.05, 3.63) is 59.7 Å². The molecule has 0 aliphatic heterocycles. The van der Waals surface area contributed by atoms with Crippen LogP contribution in [0.25, 0.3) is 11.1 Å². The summed E-state index contributed by atoms with van der Waals surface area (Å²) in [7, 11) is 1.62. The van der Waals surface area contributed by atoms with E-state index in [-0.39, 0.29) is 0 Å². The molecule has 0 unspecified atom stereocenters. The summed E-state index contributed by atoms with van der Waals surface area (Å²) in [5.74, 6) is 0. The van der Waals surface area contributed by atoms with E-state index in [0.717, 1.165) is 23.0 Å². The number of hydrogen-bond acceptors (Lipinski definition) is 2. The second-order valence-electron chi connectivity index (χ2n) is 3.83. The van der Waals surface area contributed by atoms with Crippen LogP contribution >= 0.6 is 0 Å². The summed E-state index contributed by atoms with van der Waals surface area (Å²) in [6, 6.07) is 15.9. The van der Waals surface area contributed by atoms with Crippen molar-refractivity contribution in [2.24, 2.45) is 0 Å². The summed E-state index contributed by atoms with van der Waals surface area (Å²) in [4.78, 5) is 11.0. The molecule has 2 aromatic carbocycles. The van der Waals surface area contributed by atoms with E-state index < -0.39 is 0 Å². The first-order valence-electron chi connectivity index (χ1n) is 5.47. The number of aldehydes is 1. The summed E-state index contributed by atoms with van der Waals surface area (Å²) >= 11 is 0. The molecule has 0 saturated heterocycles. The van der Waals surface area contributed by atoms with Gasteiger partial charge in [-0.05, 0) is 22.8 Å². The van der Waals surface area contributed by atoms with Crippen LogP contribution < -0.4 is 0 Å². The minimum Gasteiger partial charge on any atom is -0.380 e. The molecule has 0 N–H and O–H groups in total. The van der Waals surface area contributed by atoms with Gasteiger partial charge < -0.3 is 4.74 Å². The van der Waals surface area contributed by atoms with Gasteiger partial charge in [0.25, 0.3) is 0 Å². The molecular formula is C15H14O2. The van der Waals surface area contributed by atoms with Crippen LogP contribution in [0.2, 0.25) is 0 Å². The number of carbonyl (C=O) groups excluding carboxylic acids is 1. The van der Waals surface area contributed by atoms with Crippen LogP contribution in [-0.2, 0) is 11.3 Å². The maximum atomic E-state index is 11.0. The number of carbonyl (C=O) groups is 1. The summed E-state index contributed by atoms with van der Waals surface area (Å²) in [5.41, 5.74) is 3.77. The van der Waals surface area contributed by atoms with E-state index >= 15 is 0 Å². The van der Waals surface area contributed by atoms with Crippen molar-refractivity contribution in [3.8, 4) is 11.1 Å². The zero-order chi connectivity index (χ0) is 12.1. The van der Waals surface area contributed by atoms with Gasteiger partial charge in [0.1, 0.15) is 6.29 Å². The first-order chi connectivity index (χ1) is 8.35. The van der Waals surface area contributed by atoms with Crippen LogP contribution in [0.15, 0.2) is 48.5 Å². The van der Waals surface area contributed by atoms with Crippen molar-refractivity contribution in [1.29, 1.82) is 0 Å². The van der Waals surface area contributed by atoms with Crippen LogP contribution in [-0.4, -0.2) is 13.4 Å². The van der Waals surface area contributed by atoms with Crippen LogP contribution in [0.1, 0.15) is 15.9 Å². The van der Waals surface area contributed by atoms with Gasteiger partial charge in [0.05, 0.1) is 6.61 Å². The van der Waals surface area contributed by atoms with Crippen LogP contribution in [0.3, 0.4) is 0 Å². The molecule has 2 heteroatoms. The Kier molecular flexibility index (Phi) is 3.68. The van der Waals surface area contributed by atoms with E-state index in [9.17, 15) is 4.79 Å². The number of methoxy groups -OCH3 is 1. The Hall–Kier alpha value is -1.93. The fraction of sp³-hybridized carbons (Fsp3) is 0.133. The fourth-order valence-electron chi connectivity index (χ4n) is 1.80. The maximum absolute atomic E-state index is 11.0. The molecule has 86 valence electrons. The molecule has 0 radical (unpaired) electrons. The lowest BCUT2D eigenvalue weighted by atomic mass is 10.00. The van der Waals surface area contributed by atoms with E-state index in [4.69, 9.17) is 4.74 Å². The van der Waals surface area contributed by atoms with Gasteiger partial charge in [0.15, 0.2) is 0 Å². The van der Waals surface area contributed by atoms with E-state index in [1.165, 1.54) is 0 Å². The van der Waals surface area contributed by atoms with Crippen LogP contribution in [0, 0.1) is 0 Å². The molecule has 0 amide bonds. The highest BCUT2D eigenvalue weighted by Gasteiger charge is 2.04. The standard InChI is InChI=1S/C15H14O2/c1-17-11-14-8-7-13(9-15(14)10-16)12-5-3-2-4-6-12/h2-10H,11H2,1H3. The number of ether oxygens (including phenoxy) is 1. The Bertz CT molecular complexity index is 504. The zero-order valence-electron chi connectivity index (χ0n) is 9.72. The molecule has 0 atom stereocenters. The van der Waals surface area contributed by atoms with Gasteiger partial charge in [0, 0.05) is 12.7 Å². The minimum atomic E-state index is 0.461. The quantitative estimate of drug-likeness (QED) is 0.747. The second-order valence-corrected chi connectivity index (χ2v) is 3.83. The largest absolute Gasteiger partial charge is 0.380 e. The predicted octanol–water partition coefficient (Wildman–Crippen LogP) is 3.31. The SMILES string of the molecule is COCc1ccc(-c2ccccc2)cc1C=O. The van der Waals surface area contributed by atoms with Gasteiger partial charge >= 0.3 is 0 Å². The Balaban J connectivity index is 2.41. The van der Waals surface area contributed by atoms with Gasteiger partial charge in [-0.2, -0.15) is 0 Å². The van der Waals surface area contributed by atoms with E-state index in [1.54, 1.807) is 7.11 Å². The van der Waals surface area contributed by atoms with E-state index in [2.05, 4.69) is 0 Å². The molecule has 0 aliphatic carbocycles. The Morgan fingerprint density at radius 1 is 1.06 bits per heavy atom. The van der Waals surface area contributed by atoms with Gasteiger partial charge in [-0.15, -0.1) is 0 Å². The smallest absolute Gasteiger partial charge is 0.150 e. The fourth-order valence-corrected chi connectivity index (χ4v) is 1.80. The third-order valence-corrected chi connectivity index (χ3v) is 2.68. The molecule has 0 spiro atoms. The number of rotatable bonds is 4. The van der Waals surface area contributed by atoms with Crippen LogP contribution in [0.5, 0.6) is 0 Å². The first kappa shape index (κ1) is 11.6. The second kappa shape index (κ2) is 5.41. The van der Waals surface area contributed by atoms with Crippen molar-refractivity contribution >= 4 is 6.29 Å². The monoisotopic (exact) mass is 226 g/mol. The summed E-state index contributed by atoms with van der Waals surface area (Å²) < 4.78 is 5.06. The summed E-state index contributed by atoms with van der Waals surface area (Å²) in [5, 5.41) is 0. The lowest BCUT2D eigenvalue weighted by Gasteiger charge is -2.07. The van der Waals surface area contributed by atoms with Crippen molar-refractivity contribution in [1.82, 2.24) is 0 Å². The third kappa shape index (κ3) is 2.60. The molecular weight excluding hydrogens is 212 g/mol. The molecule has 0 heterocycles. The lowest BCUT2D eigenvalue weighted by molar-refractivity contribution is 0.111. The predicted molar refractivity (Wildman–Crippen MR) is 68.0 cm³/mol. The molecule has 0 aromatic heterocycles. The highest BCUT2D eigenvalue weighted by molar-refractivity contribution is 5.81. The number of hydrogen-bond donors (Lipinski definition) is 0. The summed E-state index contributed by atoms with van der Waals surface area (Å²) in [6.07, 6.45) is 0.876.